The number of aromatic nitrogens is 1. The number of para-hydroxylation sites is 2. The summed E-state index contributed by atoms with van der Waals surface area (Å²) in [6, 6.07) is 10.6. The van der Waals surface area contributed by atoms with Crippen molar-refractivity contribution in [3.8, 4) is 5.75 Å². The Bertz CT molecular complexity index is 672. The Balaban J connectivity index is 1.95. The molecule has 0 radical (unpaired) electrons. The summed E-state index contributed by atoms with van der Waals surface area (Å²) in [5.41, 5.74) is 1.28. The number of carbonyl (C=O) groups excluding carboxylic acids is 2. The topological polar surface area (TPSA) is 80.3 Å². The summed E-state index contributed by atoms with van der Waals surface area (Å²) in [6.45, 7) is 4.02. The highest BCUT2D eigenvalue weighted by Gasteiger charge is 2.15. The molecule has 1 aromatic carbocycles. The average molecular weight is 313 g/mol. The van der Waals surface area contributed by atoms with E-state index >= 15 is 0 Å². The molecule has 2 N–H and O–H groups in total. The summed E-state index contributed by atoms with van der Waals surface area (Å²) in [5.74, 6) is -0.933. The minimum Gasteiger partial charge on any atom is -0.489 e. The third-order valence-corrected chi connectivity index (χ3v) is 2.88. The normalized spacial score (nSPS) is 10.2. The maximum atomic E-state index is 12.0. The Morgan fingerprint density at radius 2 is 1.91 bits per heavy atom. The molecule has 0 bridgehead atoms. The van der Waals surface area contributed by atoms with Gasteiger partial charge in [-0.05, 0) is 37.6 Å². The van der Waals surface area contributed by atoms with Gasteiger partial charge in [0.1, 0.15) is 5.75 Å². The zero-order valence-corrected chi connectivity index (χ0v) is 13.1. The molecule has 0 atom stereocenters. The summed E-state index contributed by atoms with van der Waals surface area (Å²) in [7, 11) is 0. The average Bonchev–Trinajstić information content (AvgIpc) is 2.55. The van der Waals surface area contributed by atoms with Crippen LogP contribution in [-0.2, 0) is 16.1 Å². The van der Waals surface area contributed by atoms with Crippen molar-refractivity contribution < 1.29 is 14.3 Å². The second kappa shape index (κ2) is 7.93. The largest absolute Gasteiger partial charge is 0.489 e. The van der Waals surface area contributed by atoms with Gasteiger partial charge >= 0.3 is 11.8 Å². The first-order valence-corrected chi connectivity index (χ1v) is 7.30. The van der Waals surface area contributed by atoms with Crippen LogP contribution in [0.15, 0.2) is 48.8 Å². The lowest BCUT2D eigenvalue weighted by molar-refractivity contribution is -0.136. The molecule has 0 aliphatic carbocycles. The van der Waals surface area contributed by atoms with Gasteiger partial charge in [-0.25, -0.2) is 0 Å². The van der Waals surface area contributed by atoms with Gasteiger partial charge in [0, 0.05) is 18.9 Å². The third-order valence-electron chi connectivity index (χ3n) is 2.88. The summed E-state index contributed by atoms with van der Waals surface area (Å²) in [4.78, 5) is 27.8. The van der Waals surface area contributed by atoms with Crippen molar-refractivity contribution in [1.82, 2.24) is 10.3 Å². The molecular formula is C17H19N3O3. The molecule has 23 heavy (non-hydrogen) atoms. The minimum atomic E-state index is -0.742. The highest BCUT2D eigenvalue weighted by molar-refractivity contribution is 6.39. The van der Waals surface area contributed by atoms with Crippen LogP contribution in [0.5, 0.6) is 5.75 Å². The number of hydrogen-bond acceptors (Lipinski definition) is 4. The van der Waals surface area contributed by atoms with E-state index in [0.717, 1.165) is 5.56 Å². The number of amides is 2. The summed E-state index contributed by atoms with van der Waals surface area (Å²) in [6.07, 6.45) is 3.24. The van der Waals surface area contributed by atoms with Crippen LogP contribution in [0.3, 0.4) is 0 Å². The Hall–Kier alpha value is -2.89. The molecule has 6 nitrogen and oxygen atoms in total. The Morgan fingerprint density at radius 3 is 2.61 bits per heavy atom. The predicted molar refractivity (Wildman–Crippen MR) is 86.9 cm³/mol. The second-order valence-corrected chi connectivity index (χ2v) is 5.16. The van der Waals surface area contributed by atoms with Crippen LogP contribution in [0.4, 0.5) is 5.69 Å². The van der Waals surface area contributed by atoms with E-state index in [1.54, 1.807) is 42.7 Å². The molecular weight excluding hydrogens is 294 g/mol. The lowest BCUT2D eigenvalue weighted by Crippen LogP contribution is -2.35. The van der Waals surface area contributed by atoms with Gasteiger partial charge in [0.05, 0.1) is 11.8 Å². The number of pyridine rings is 1. The van der Waals surface area contributed by atoms with Crippen LogP contribution in [0.25, 0.3) is 0 Å². The number of hydrogen-bond donors (Lipinski definition) is 2. The van der Waals surface area contributed by atoms with E-state index in [4.69, 9.17) is 4.74 Å². The van der Waals surface area contributed by atoms with Crippen LogP contribution in [0.1, 0.15) is 19.4 Å². The molecule has 1 heterocycles. The maximum Gasteiger partial charge on any atom is 0.313 e. The lowest BCUT2D eigenvalue weighted by Gasteiger charge is -2.14. The smallest absolute Gasteiger partial charge is 0.313 e. The quantitative estimate of drug-likeness (QED) is 0.829. The number of nitrogens with one attached hydrogen (secondary N) is 2. The first-order chi connectivity index (χ1) is 11.1. The van der Waals surface area contributed by atoms with Gasteiger partial charge in [-0.1, -0.05) is 18.2 Å². The van der Waals surface area contributed by atoms with Gasteiger partial charge < -0.3 is 15.4 Å². The van der Waals surface area contributed by atoms with Gasteiger partial charge in [0.2, 0.25) is 0 Å². The Kier molecular flexibility index (Phi) is 5.68. The second-order valence-electron chi connectivity index (χ2n) is 5.16. The van der Waals surface area contributed by atoms with Crippen LogP contribution in [-0.4, -0.2) is 22.9 Å². The Morgan fingerprint density at radius 1 is 1.13 bits per heavy atom. The summed E-state index contributed by atoms with van der Waals surface area (Å²) < 4.78 is 5.60. The van der Waals surface area contributed by atoms with Crippen LogP contribution < -0.4 is 15.4 Å². The fraction of sp³-hybridized carbons (Fsp3) is 0.235. The molecule has 2 aromatic rings. The number of ether oxygens (including phenoxy) is 1. The number of nitrogens with zero attached hydrogens (tertiary/aromatic N) is 1. The van der Waals surface area contributed by atoms with E-state index in [-0.39, 0.29) is 12.6 Å². The fourth-order valence-corrected chi connectivity index (χ4v) is 1.87. The van der Waals surface area contributed by atoms with Crippen molar-refractivity contribution >= 4 is 17.5 Å². The Labute approximate surface area is 134 Å². The van der Waals surface area contributed by atoms with Crippen molar-refractivity contribution in [3.63, 3.8) is 0 Å². The third kappa shape index (κ3) is 5.10. The van der Waals surface area contributed by atoms with Gasteiger partial charge in [-0.3, -0.25) is 14.6 Å². The van der Waals surface area contributed by atoms with Crippen LogP contribution in [0, 0.1) is 0 Å². The fourth-order valence-electron chi connectivity index (χ4n) is 1.87. The molecule has 120 valence electrons. The molecule has 2 rings (SSSR count). The van der Waals surface area contributed by atoms with Gasteiger partial charge in [-0.15, -0.1) is 0 Å². The van der Waals surface area contributed by atoms with E-state index in [1.807, 2.05) is 19.9 Å². The number of benzene rings is 1. The molecule has 0 saturated heterocycles. The molecule has 0 spiro atoms. The SMILES string of the molecule is CC(C)Oc1ccccc1NC(=O)C(=O)NCc1cccnc1. The lowest BCUT2D eigenvalue weighted by atomic mass is 10.2. The van der Waals surface area contributed by atoms with Gasteiger partial charge in [-0.2, -0.15) is 0 Å². The number of carbonyl (C=O) groups is 2. The molecule has 2 amide bonds. The van der Waals surface area contributed by atoms with Crippen molar-refractivity contribution in [2.45, 2.75) is 26.5 Å². The monoisotopic (exact) mass is 313 g/mol. The van der Waals surface area contributed by atoms with Crippen molar-refractivity contribution in [3.05, 3.63) is 54.4 Å². The summed E-state index contributed by atoms with van der Waals surface area (Å²) in [5, 5.41) is 5.11. The zero-order valence-electron chi connectivity index (χ0n) is 13.1. The maximum absolute atomic E-state index is 12.0. The molecule has 0 aliphatic heterocycles. The van der Waals surface area contributed by atoms with E-state index < -0.39 is 11.8 Å². The predicted octanol–water partition coefficient (Wildman–Crippen LogP) is 2.12. The molecule has 0 saturated carbocycles. The first-order valence-electron chi connectivity index (χ1n) is 7.30. The van der Waals surface area contributed by atoms with E-state index in [9.17, 15) is 9.59 Å². The molecule has 0 fully saturated rings. The highest BCUT2D eigenvalue weighted by Crippen LogP contribution is 2.24. The molecule has 1 aromatic heterocycles. The van der Waals surface area contributed by atoms with E-state index in [0.29, 0.717) is 11.4 Å². The van der Waals surface area contributed by atoms with Crippen molar-refractivity contribution in [1.29, 1.82) is 0 Å². The van der Waals surface area contributed by atoms with Crippen LogP contribution in [0.2, 0.25) is 0 Å². The van der Waals surface area contributed by atoms with E-state index in [2.05, 4.69) is 15.6 Å². The molecule has 0 unspecified atom stereocenters. The van der Waals surface area contributed by atoms with Crippen LogP contribution >= 0.6 is 0 Å². The number of rotatable bonds is 5. The summed E-state index contributed by atoms with van der Waals surface area (Å²) >= 11 is 0. The van der Waals surface area contributed by atoms with E-state index in [1.165, 1.54) is 0 Å². The molecule has 6 heteroatoms. The zero-order chi connectivity index (χ0) is 16.7. The van der Waals surface area contributed by atoms with Crippen molar-refractivity contribution in [2.24, 2.45) is 0 Å². The van der Waals surface area contributed by atoms with Gasteiger partial charge in [0.15, 0.2) is 0 Å². The molecule has 0 aliphatic rings. The number of anilines is 1. The first kappa shape index (κ1) is 16.5. The highest BCUT2D eigenvalue weighted by atomic mass is 16.5. The minimum absolute atomic E-state index is 0.0348. The standard InChI is InChI=1S/C17H19N3O3/c1-12(2)23-15-8-4-3-7-14(15)20-17(22)16(21)19-11-13-6-5-9-18-10-13/h3-10,12H,11H2,1-2H3,(H,19,21)(H,20,22). The van der Waals surface area contributed by atoms with Gasteiger partial charge in [0.25, 0.3) is 0 Å². The van der Waals surface area contributed by atoms with Crippen molar-refractivity contribution in [2.75, 3.05) is 5.32 Å².